The van der Waals surface area contributed by atoms with E-state index in [4.69, 9.17) is 13.8 Å². The summed E-state index contributed by atoms with van der Waals surface area (Å²) in [5.74, 6) is 0.522. The van der Waals surface area contributed by atoms with E-state index in [1.54, 1.807) is 7.05 Å². The molecule has 0 aliphatic heterocycles. The summed E-state index contributed by atoms with van der Waals surface area (Å²) in [7, 11) is -2.67. The number of nitrogens with zero attached hydrogens (tertiary/aromatic N) is 4. The first kappa shape index (κ1) is 22.5. The molecular weight excluding hydrogens is 465 g/mol. The quantitative estimate of drug-likeness (QED) is 0.412. The molecule has 4 aromatic rings. The lowest BCUT2D eigenvalue weighted by Crippen LogP contribution is -2.06. The van der Waals surface area contributed by atoms with Crippen molar-refractivity contribution in [1.29, 1.82) is 0 Å². The van der Waals surface area contributed by atoms with Crippen molar-refractivity contribution in [3.63, 3.8) is 0 Å². The van der Waals surface area contributed by atoms with Gasteiger partial charge in [-0.3, -0.25) is 9.23 Å². The van der Waals surface area contributed by atoms with Gasteiger partial charge in [-0.25, -0.2) is 0 Å². The third-order valence-electron chi connectivity index (χ3n) is 4.69. The minimum atomic E-state index is -4.43. The van der Waals surface area contributed by atoms with E-state index in [2.05, 4.69) is 15.2 Å². The van der Waals surface area contributed by atoms with Crippen LogP contribution in [0.15, 0.2) is 64.1 Å². The smallest absolute Gasteiger partial charge is 0.416 e. The van der Waals surface area contributed by atoms with Crippen LogP contribution in [0.5, 0.6) is 5.75 Å². The second-order valence-electron chi connectivity index (χ2n) is 6.86. The second kappa shape index (κ2) is 8.33. The number of ether oxygens (including phenoxy) is 1. The summed E-state index contributed by atoms with van der Waals surface area (Å²) in [5.41, 5.74) is 0.660. The molecule has 172 valence electrons. The number of halogens is 3. The maximum absolute atomic E-state index is 12.7. The minimum absolute atomic E-state index is 0.0298. The van der Waals surface area contributed by atoms with E-state index in [9.17, 15) is 21.6 Å². The van der Waals surface area contributed by atoms with Crippen LogP contribution >= 0.6 is 0 Å². The van der Waals surface area contributed by atoms with E-state index in [1.807, 2.05) is 0 Å². The van der Waals surface area contributed by atoms with Gasteiger partial charge >= 0.3 is 6.18 Å². The van der Waals surface area contributed by atoms with Gasteiger partial charge in [-0.2, -0.15) is 31.7 Å². The molecule has 33 heavy (non-hydrogen) atoms. The molecule has 0 spiro atoms. The lowest BCUT2D eigenvalue weighted by atomic mass is 10.2. The normalized spacial score (nSPS) is 12.2. The zero-order chi connectivity index (χ0) is 23.8. The van der Waals surface area contributed by atoms with Crippen molar-refractivity contribution >= 4 is 10.1 Å². The molecule has 2 aromatic carbocycles. The molecule has 0 saturated carbocycles. The average Bonchev–Trinajstić information content (AvgIpc) is 3.38. The third-order valence-corrected chi connectivity index (χ3v) is 5.55. The van der Waals surface area contributed by atoms with Gasteiger partial charge in [0.1, 0.15) is 12.4 Å². The van der Waals surface area contributed by atoms with Gasteiger partial charge in [0.05, 0.1) is 27.9 Å². The molecule has 0 atom stereocenters. The molecule has 13 heteroatoms. The van der Waals surface area contributed by atoms with Crippen LogP contribution in [-0.4, -0.2) is 32.9 Å². The molecule has 0 aliphatic carbocycles. The largest absolute Gasteiger partial charge is 0.487 e. The van der Waals surface area contributed by atoms with Crippen LogP contribution in [0, 0.1) is 0 Å². The van der Waals surface area contributed by atoms with Crippen molar-refractivity contribution < 1.29 is 35.4 Å². The summed E-state index contributed by atoms with van der Waals surface area (Å²) in [4.78, 5) is 4.01. The third kappa shape index (κ3) is 4.88. The van der Waals surface area contributed by atoms with E-state index < -0.39 is 21.9 Å². The predicted molar refractivity (Wildman–Crippen MR) is 108 cm³/mol. The lowest BCUT2D eigenvalue weighted by Gasteiger charge is -2.10. The molecule has 0 fully saturated rings. The fraction of sp³-hybridized carbons (Fsp3) is 0.150. The van der Waals surface area contributed by atoms with Crippen molar-refractivity contribution in [1.82, 2.24) is 19.9 Å². The number of benzene rings is 2. The summed E-state index contributed by atoms with van der Waals surface area (Å²) in [5, 5.41) is 8.01. The second-order valence-corrected chi connectivity index (χ2v) is 8.28. The van der Waals surface area contributed by atoms with Crippen LogP contribution in [0.25, 0.3) is 22.8 Å². The molecule has 0 unspecified atom stereocenters. The molecule has 1 N–H and O–H groups in total. The SMILES string of the molecule is Cn1ncc(-c2nc(-c3ccc(S(=O)(=O)O)cc3)no2)c1COc1ccc(C(F)(F)F)cc1. The first-order chi connectivity index (χ1) is 15.5. The molecule has 0 radical (unpaired) electrons. The Kier molecular flexibility index (Phi) is 5.68. The highest BCUT2D eigenvalue weighted by Gasteiger charge is 2.30. The topological polar surface area (TPSA) is 120 Å². The van der Waals surface area contributed by atoms with Gasteiger partial charge in [-0.1, -0.05) is 5.16 Å². The maximum Gasteiger partial charge on any atom is 0.416 e. The Morgan fingerprint density at radius 2 is 1.76 bits per heavy atom. The summed E-state index contributed by atoms with van der Waals surface area (Å²) in [6.07, 6.45) is -2.96. The standard InChI is InChI=1S/C20H15F3N4O5S/c1-27-17(11-31-14-6-4-13(5-7-14)20(21,22)23)16(10-24-27)19-25-18(26-32-19)12-2-8-15(9-3-12)33(28,29)30/h2-10H,11H2,1H3,(H,28,29,30). The van der Waals surface area contributed by atoms with Crippen molar-refractivity contribution in [2.75, 3.05) is 0 Å². The first-order valence-electron chi connectivity index (χ1n) is 9.25. The zero-order valence-corrected chi connectivity index (χ0v) is 17.6. The highest BCUT2D eigenvalue weighted by Crippen LogP contribution is 2.31. The molecule has 0 bridgehead atoms. The minimum Gasteiger partial charge on any atom is -0.487 e. The van der Waals surface area contributed by atoms with Crippen LogP contribution < -0.4 is 4.74 Å². The average molecular weight is 480 g/mol. The summed E-state index contributed by atoms with van der Waals surface area (Å²) in [6.45, 7) is -0.0298. The monoisotopic (exact) mass is 480 g/mol. The molecule has 0 amide bonds. The Bertz CT molecular complexity index is 1380. The summed E-state index contributed by atoms with van der Waals surface area (Å²) < 4.78 is 81.9. The number of alkyl halides is 3. The van der Waals surface area contributed by atoms with Crippen LogP contribution in [0.3, 0.4) is 0 Å². The van der Waals surface area contributed by atoms with Gasteiger partial charge in [-0.05, 0) is 48.5 Å². The van der Waals surface area contributed by atoms with E-state index in [0.717, 1.165) is 12.1 Å². The molecule has 9 nitrogen and oxygen atoms in total. The molecule has 2 heterocycles. The Hall–Kier alpha value is -3.71. The van der Waals surface area contributed by atoms with Crippen molar-refractivity contribution in [2.24, 2.45) is 7.05 Å². The van der Waals surface area contributed by atoms with Gasteiger partial charge in [0.15, 0.2) is 0 Å². The van der Waals surface area contributed by atoms with Crippen molar-refractivity contribution in [3.05, 3.63) is 66.0 Å². The van der Waals surface area contributed by atoms with Crippen LogP contribution in [-0.2, 0) is 29.9 Å². The summed E-state index contributed by atoms with van der Waals surface area (Å²) in [6, 6.07) is 9.53. The van der Waals surface area contributed by atoms with Gasteiger partial charge in [0.25, 0.3) is 16.0 Å². The zero-order valence-electron chi connectivity index (χ0n) is 16.8. The number of hydrogen-bond acceptors (Lipinski definition) is 7. The number of aromatic nitrogens is 4. The van der Waals surface area contributed by atoms with E-state index in [1.165, 1.54) is 47.3 Å². The summed E-state index contributed by atoms with van der Waals surface area (Å²) >= 11 is 0. The van der Waals surface area contributed by atoms with Crippen LogP contribution in [0.1, 0.15) is 11.3 Å². The van der Waals surface area contributed by atoms with Gasteiger partial charge < -0.3 is 9.26 Å². The number of rotatable bonds is 6. The Labute approximate surface area is 185 Å². The number of hydrogen-bond donors (Lipinski definition) is 1. The Morgan fingerprint density at radius 1 is 1.09 bits per heavy atom. The highest BCUT2D eigenvalue weighted by atomic mass is 32.2. The van der Waals surface area contributed by atoms with Crippen LogP contribution in [0.2, 0.25) is 0 Å². The molecule has 0 saturated heterocycles. The van der Waals surface area contributed by atoms with Crippen LogP contribution in [0.4, 0.5) is 13.2 Å². The molecule has 4 rings (SSSR count). The maximum atomic E-state index is 12.7. The predicted octanol–water partition coefficient (Wildman–Crippen LogP) is 3.98. The van der Waals surface area contributed by atoms with Gasteiger partial charge in [0.2, 0.25) is 5.82 Å². The van der Waals surface area contributed by atoms with Gasteiger partial charge in [-0.15, -0.1) is 0 Å². The van der Waals surface area contributed by atoms with Gasteiger partial charge in [0, 0.05) is 12.6 Å². The number of aryl methyl sites for hydroxylation is 1. The van der Waals surface area contributed by atoms with Crippen molar-refractivity contribution in [3.8, 4) is 28.6 Å². The molecular formula is C20H15F3N4O5S. The fourth-order valence-corrected chi connectivity index (χ4v) is 3.41. The Balaban J connectivity index is 1.53. The van der Waals surface area contributed by atoms with E-state index in [-0.39, 0.29) is 29.0 Å². The van der Waals surface area contributed by atoms with E-state index in [0.29, 0.717) is 16.8 Å². The lowest BCUT2D eigenvalue weighted by molar-refractivity contribution is -0.137. The fourth-order valence-electron chi connectivity index (χ4n) is 2.93. The van der Waals surface area contributed by atoms with E-state index >= 15 is 0 Å². The Morgan fingerprint density at radius 3 is 2.36 bits per heavy atom. The first-order valence-corrected chi connectivity index (χ1v) is 10.7. The highest BCUT2D eigenvalue weighted by molar-refractivity contribution is 7.85. The molecule has 2 aromatic heterocycles. The van der Waals surface area contributed by atoms with Crippen molar-refractivity contribution in [2.45, 2.75) is 17.7 Å². The molecule has 0 aliphatic rings.